The summed E-state index contributed by atoms with van der Waals surface area (Å²) in [7, 11) is 0. The molecule has 0 fully saturated rings. The standard InChI is InChI=1S/C20H16N4O2/c25-20(22-13-14-8-10-21-11-9-14)23-16-6-7-18-17(12-16)24-19(26-18)15-4-2-1-3-5-15/h1-12H,13H2,(H2,22,23,25). The maximum absolute atomic E-state index is 12.1. The Hall–Kier alpha value is -3.67. The molecule has 0 radical (unpaired) electrons. The van der Waals surface area contributed by atoms with Crippen LogP contribution in [0.5, 0.6) is 0 Å². The quantitative estimate of drug-likeness (QED) is 0.581. The molecule has 0 unspecified atom stereocenters. The molecule has 0 atom stereocenters. The summed E-state index contributed by atoms with van der Waals surface area (Å²) in [4.78, 5) is 20.5. The van der Waals surface area contributed by atoms with Crippen molar-refractivity contribution in [2.45, 2.75) is 6.54 Å². The Bertz CT molecular complexity index is 1030. The predicted octanol–water partition coefficient (Wildman–Crippen LogP) is 4.21. The van der Waals surface area contributed by atoms with E-state index in [1.54, 1.807) is 30.6 Å². The van der Waals surface area contributed by atoms with E-state index >= 15 is 0 Å². The van der Waals surface area contributed by atoms with E-state index in [0.29, 0.717) is 29.2 Å². The average molecular weight is 344 g/mol. The highest BCUT2D eigenvalue weighted by Crippen LogP contribution is 2.26. The van der Waals surface area contributed by atoms with Crippen LogP contribution >= 0.6 is 0 Å². The molecule has 2 aromatic heterocycles. The first kappa shape index (κ1) is 15.8. The largest absolute Gasteiger partial charge is 0.436 e. The van der Waals surface area contributed by atoms with Crippen LogP contribution in [0.25, 0.3) is 22.6 Å². The molecule has 4 aromatic rings. The lowest BCUT2D eigenvalue weighted by molar-refractivity contribution is 0.251. The first-order chi connectivity index (χ1) is 12.8. The van der Waals surface area contributed by atoms with E-state index in [1.165, 1.54) is 0 Å². The van der Waals surface area contributed by atoms with Crippen molar-refractivity contribution < 1.29 is 9.21 Å². The van der Waals surface area contributed by atoms with Crippen LogP contribution in [0.4, 0.5) is 10.5 Å². The number of nitrogens with one attached hydrogen (secondary N) is 2. The van der Waals surface area contributed by atoms with Gasteiger partial charge in [-0.2, -0.15) is 0 Å². The van der Waals surface area contributed by atoms with Crippen LogP contribution < -0.4 is 10.6 Å². The van der Waals surface area contributed by atoms with Gasteiger partial charge in [0.05, 0.1) is 0 Å². The van der Waals surface area contributed by atoms with Gasteiger partial charge in [0.25, 0.3) is 0 Å². The number of nitrogens with zero attached hydrogens (tertiary/aromatic N) is 2. The summed E-state index contributed by atoms with van der Waals surface area (Å²) >= 11 is 0. The number of fused-ring (bicyclic) bond motifs is 1. The first-order valence-corrected chi connectivity index (χ1v) is 8.18. The summed E-state index contributed by atoms with van der Waals surface area (Å²) in [5, 5.41) is 5.61. The van der Waals surface area contributed by atoms with Gasteiger partial charge in [-0.05, 0) is 48.0 Å². The summed E-state index contributed by atoms with van der Waals surface area (Å²) in [6, 6.07) is 18.5. The molecule has 2 N–H and O–H groups in total. The normalized spacial score (nSPS) is 10.6. The number of aromatic nitrogens is 2. The zero-order valence-electron chi connectivity index (χ0n) is 13.8. The molecule has 0 aliphatic heterocycles. The van der Waals surface area contributed by atoms with Gasteiger partial charge in [-0.25, -0.2) is 9.78 Å². The molecule has 26 heavy (non-hydrogen) atoms. The first-order valence-electron chi connectivity index (χ1n) is 8.18. The molecule has 0 spiro atoms. The van der Waals surface area contributed by atoms with Crippen LogP contribution in [0.2, 0.25) is 0 Å². The highest BCUT2D eigenvalue weighted by molar-refractivity contribution is 5.91. The molecule has 0 saturated heterocycles. The third-order valence-electron chi connectivity index (χ3n) is 3.87. The number of anilines is 1. The molecule has 0 aliphatic rings. The van der Waals surface area contributed by atoms with Crippen LogP contribution in [0, 0.1) is 0 Å². The summed E-state index contributed by atoms with van der Waals surface area (Å²) in [6.07, 6.45) is 3.38. The average Bonchev–Trinajstić information content (AvgIpc) is 3.11. The minimum Gasteiger partial charge on any atom is -0.436 e. The second kappa shape index (κ2) is 7.06. The number of pyridine rings is 1. The van der Waals surface area contributed by atoms with Gasteiger partial charge in [0.15, 0.2) is 5.58 Å². The summed E-state index contributed by atoms with van der Waals surface area (Å²) in [6.45, 7) is 0.429. The van der Waals surface area contributed by atoms with E-state index in [2.05, 4.69) is 20.6 Å². The number of carbonyl (C=O) groups excluding carboxylic acids is 1. The molecule has 0 bridgehead atoms. The van der Waals surface area contributed by atoms with Gasteiger partial charge in [-0.1, -0.05) is 18.2 Å². The second-order valence-corrected chi connectivity index (χ2v) is 5.73. The molecule has 6 heteroatoms. The lowest BCUT2D eigenvalue weighted by Gasteiger charge is -2.07. The second-order valence-electron chi connectivity index (χ2n) is 5.73. The Balaban J connectivity index is 1.46. The number of hydrogen-bond acceptors (Lipinski definition) is 4. The van der Waals surface area contributed by atoms with E-state index in [1.807, 2.05) is 42.5 Å². The van der Waals surface area contributed by atoms with Crippen LogP contribution in [0.1, 0.15) is 5.56 Å². The monoisotopic (exact) mass is 344 g/mol. The molecule has 128 valence electrons. The molecule has 2 amide bonds. The maximum Gasteiger partial charge on any atom is 0.319 e. The fourth-order valence-electron chi connectivity index (χ4n) is 2.57. The van der Waals surface area contributed by atoms with Crippen molar-refractivity contribution in [2.24, 2.45) is 0 Å². The third-order valence-corrected chi connectivity index (χ3v) is 3.87. The number of oxazole rings is 1. The van der Waals surface area contributed by atoms with Gasteiger partial charge in [-0.3, -0.25) is 4.98 Å². The highest BCUT2D eigenvalue weighted by Gasteiger charge is 2.09. The third kappa shape index (κ3) is 3.54. The molecule has 2 heterocycles. The summed E-state index contributed by atoms with van der Waals surface area (Å²) in [5.74, 6) is 0.555. The number of benzene rings is 2. The SMILES string of the molecule is O=C(NCc1ccncc1)Nc1ccc2oc(-c3ccccc3)nc2c1. The van der Waals surface area contributed by atoms with E-state index in [-0.39, 0.29) is 6.03 Å². The van der Waals surface area contributed by atoms with Crippen molar-refractivity contribution in [3.05, 3.63) is 78.6 Å². The molecule has 0 saturated carbocycles. The lowest BCUT2D eigenvalue weighted by atomic mass is 10.2. The number of hydrogen-bond donors (Lipinski definition) is 2. The van der Waals surface area contributed by atoms with Crippen molar-refractivity contribution in [1.82, 2.24) is 15.3 Å². The van der Waals surface area contributed by atoms with Crippen molar-refractivity contribution in [3.8, 4) is 11.5 Å². The Labute approximate surface area is 149 Å². The molecule has 0 aliphatic carbocycles. The number of carbonyl (C=O) groups is 1. The van der Waals surface area contributed by atoms with Crippen molar-refractivity contribution in [3.63, 3.8) is 0 Å². The van der Waals surface area contributed by atoms with Gasteiger partial charge in [0.2, 0.25) is 5.89 Å². The fourth-order valence-corrected chi connectivity index (χ4v) is 2.57. The van der Waals surface area contributed by atoms with E-state index in [4.69, 9.17) is 4.42 Å². The maximum atomic E-state index is 12.1. The smallest absolute Gasteiger partial charge is 0.319 e. The molecule has 4 rings (SSSR count). The van der Waals surface area contributed by atoms with Crippen molar-refractivity contribution in [1.29, 1.82) is 0 Å². The van der Waals surface area contributed by atoms with Crippen LogP contribution in [0.15, 0.2) is 77.5 Å². The van der Waals surface area contributed by atoms with E-state index in [9.17, 15) is 4.79 Å². The van der Waals surface area contributed by atoms with Crippen LogP contribution in [-0.2, 0) is 6.54 Å². The summed E-state index contributed by atoms with van der Waals surface area (Å²) in [5.41, 5.74) is 3.91. The molecular weight excluding hydrogens is 328 g/mol. The molecule has 2 aromatic carbocycles. The zero-order chi connectivity index (χ0) is 17.8. The fraction of sp³-hybridized carbons (Fsp3) is 0.0500. The van der Waals surface area contributed by atoms with E-state index in [0.717, 1.165) is 11.1 Å². The Morgan fingerprint density at radius 3 is 2.62 bits per heavy atom. The summed E-state index contributed by atoms with van der Waals surface area (Å²) < 4.78 is 5.77. The van der Waals surface area contributed by atoms with Gasteiger partial charge >= 0.3 is 6.03 Å². The van der Waals surface area contributed by atoms with E-state index < -0.39 is 0 Å². The van der Waals surface area contributed by atoms with Gasteiger partial charge in [0.1, 0.15) is 5.52 Å². The van der Waals surface area contributed by atoms with Gasteiger partial charge in [-0.15, -0.1) is 0 Å². The minimum atomic E-state index is -0.284. The Morgan fingerprint density at radius 1 is 1.00 bits per heavy atom. The highest BCUT2D eigenvalue weighted by atomic mass is 16.3. The molecule has 6 nitrogen and oxygen atoms in total. The number of urea groups is 1. The number of rotatable bonds is 4. The Kier molecular flexibility index (Phi) is 4.30. The minimum absolute atomic E-state index is 0.284. The zero-order valence-corrected chi connectivity index (χ0v) is 13.8. The topological polar surface area (TPSA) is 80.0 Å². The van der Waals surface area contributed by atoms with Crippen LogP contribution in [-0.4, -0.2) is 16.0 Å². The van der Waals surface area contributed by atoms with Gasteiger partial charge < -0.3 is 15.1 Å². The number of amides is 2. The molecular formula is C20H16N4O2. The predicted molar refractivity (Wildman–Crippen MR) is 99.5 cm³/mol. The van der Waals surface area contributed by atoms with Crippen molar-refractivity contribution >= 4 is 22.8 Å². The Morgan fingerprint density at radius 2 is 1.81 bits per heavy atom. The lowest BCUT2D eigenvalue weighted by Crippen LogP contribution is -2.28. The van der Waals surface area contributed by atoms with Crippen LogP contribution in [0.3, 0.4) is 0 Å². The van der Waals surface area contributed by atoms with Gasteiger partial charge in [0, 0.05) is 30.2 Å². The van der Waals surface area contributed by atoms with Crippen molar-refractivity contribution in [2.75, 3.05) is 5.32 Å².